The summed E-state index contributed by atoms with van der Waals surface area (Å²) >= 11 is 0. The van der Waals surface area contributed by atoms with Crippen LogP contribution in [-0.2, 0) is 0 Å². The number of aliphatic hydroxyl groups is 1. The first-order valence-electron chi connectivity index (χ1n) is 6.45. The second-order valence-corrected chi connectivity index (χ2v) is 5.99. The number of nitrogens with one attached hydrogen (secondary N) is 1. The largest absolute Gasteiger partial charge is 0.391 e. The van der Waals surface area contributed by atoms with Gasteiger partial charge in [0.05, 0.1) is 6.10 Å². The first-order valence-corrected chi connectivity index (χ1v) is 6.45. The highest BCUT2D eigenvalue weighted by atomic mass is 19.1. The maximum Gasteiger partial charge on any atom is 0.123 e. The molecule has 0 fully saturated rings. The van der Waals surface area contributed by atoms with Crippen LogP contribution in [0.25, 0.3) is 0 Å². The summed E-state index contributed by atoms with van der Waals surface area (Å²) in [5.41, 5.74) is 1.00. The van der Waals surface area contributed by atoms with Crippen LogP contribution in [0.15, 0.2) is 24.3 Å². The fourth-order valence-corrected chi connectivity index (χ4v) is 1.65. The van der Waals surface area contributed by atoms with Crippen LogP contribution in [0.1, 0.15) is 39.2 Å². The molecule has 2 atom stereocenters. The number of rotatable bonds is 5. The second kappa shape index (κ2) is 6.30. The van der Waals surface area contributed by atoms with Gasteiger partial charge in [0.25, 0.3) is 0 Å². The molecular weight excluding hydrogens is 229 g/mol. The number of hydrogen-bond donors (Lipinski definition) is 2. The van der Waals surface area contributed by atoms with Gasteiger partial charge < -0.3 is 10.4 Å². The number of benzene rings is 1. The molecule has 2 unspecified atom stereocenters. The summed E-state index contributed by atoms with van der Waals surface area (Å²) in [6, 6.07) is 6.58. The zero-order valence-corrected chi connectivity index (χ0v) is 11.7. The lowest BCUT2D eigenvalue weighted by atomic mass is 9.89. The Bertz CT molecular complexity index is 356. The molecule has 1 rings (SSSR count). The minimum atomic E-state index is -0.363. The highest BCUT2D eigenvalue weighted by Crippen LogP contribution is 2.19. The normalized spacial score (nSPS) is 15.4. The molecule has 18 heavy (non-hydrogen) atoms. The van der Waals surface area contributed by atoms with Crippen molar-refractivity contribution in [2.75, 3.05) is 13.1 Å². The summed E-state index contributed by atoms with van der Waals surface area (Å²) in [5, 5.41) is 13.2. The van der Waals surface area contributed by atoms with Crippen LogP contribution in [0.3, 0.4) is 0 Å². The molecule has 0 aliphatic carbocycles. The SMILES string of the molecule is CC(CNCC(O)C(C)(C)C)c1ccc(F)cc1. The summed E-state index contributed by atoms with van der Waals surface area (Å²) in [6.07, 6.45) is -0.363. The lowest BCUT2D eigenvalue weighted by Crippen LogP contribution is -2.37. The van der Waals surface area contributed by atoms with Gasteiger partial charge in [-0.05, 0) is 29.0 Å². The van der Waals surface area contributed by atoms with Gasteiger partial charge in [0.1, 0.15) is 5.82 Å². The third-order valence-corrected chi connectivity index (χ3v) is 3.23. The molecule has 2 N–H and O–H groups in total. The molecule has 0 aromatic heterocycles. The molecule has 0 aliphatic rings. The van der Waals surface area contributed by atoms with Crippen molar-refractivity contribution in [3.05, 3.63) is 35.6 Å². The average Bonchev–Trinajstić information content (AvgIpc) is 2.28. The van der Waals surface area contributed by atoms with E-state index in [4.69, 9.17) is 0 Å². The molecule has 1 aromatic rings. The van der Waals surface area contributed by atoms with Crippen molar-refractivity contribution >= 4 is 0 Å². The van der Waals surface area contributed by atoms with Crippen LogP contribution in [0.2, 0.25) is 0 Å². The lowest BCUT2D eigenvalue weighted by molar-refractivity contribution is 0.0629. The summed E-state index contributed by atoms with van der Waals surface area (Å²) in [4.78, 5) is 0. The van der Waals surface area contributed by atoms with Crippen molar-refractivity contribution in [3.8, 4) is 0 Å². The molecule has 102 valence electrons. The van der Waals surface area contributed by atoms with Gasteiger partial charge in [-0.1, -0.05) is 39.8 Å². The smallest absolute Gasteiger partial charge is 0.123 e. The Balaban J connectivity index is 2.38. The van der Waals surface area contributed by atoms with Crippen molar-refractivity contribution < 1.29 is 9.50 Å². The molecule has 0 heterocycles. The Morgan fingerprint density at radius 2 is 1.72 bits per heavy atom. The summed E-state index contributed by atoms with van der Waals surface area (Å²) < 4.78 is 12.8. The van der Waals surface area contributed by atoms with Gasteiger partial charge in [-0.15, -0.1) is 0 Å². The van der Waals surface area contributed by atoms with Gasteiger partial charge in [-0.3, -0.25) is 0 Å². The van der Waals surface area contributed by atoms with E-state index in [1.807, 2.05) is 32.9 Å². The molecule has 0 amide bonds. The Labute approximate surface area is 109 Å². The maximum atomic E-state index is 12.8. The van der Waals surface area contributed by atoms with Crippen LogP contribution >= 0.6 is 0 Å². The van der Waals surface area contributed by atoms with Crippen LogP contribution in [0.4, 0.5) is 4.39 Å². The summed E-state index contributed by atoms with van der Waals surface area (Å²) in [7, 11) is 0. The van der Waals surface area contributed by atoms with E-state index in [0.29, 0.717) is 12.5 Å². The Hall–Kier alpha value is -0.930. The zero-order valence-electron chi connectivity index (χ0n) is 11.7. The molecular formula is C15H24FNO. The maximum absolute atomic E-state index is 12.8. The van der Waals surface area contributed by atoms with Gasteiger partial charge in [0, 0.05) is 13.1 Å². The van der Waals surface area contributed by atoms with E-state index in [1.54, 1.807) is 0 Å². The van der Waals surface area contributed by atoms with Gasteiger partial charge in [0.15, 0.2) is 0 Å². The first-order chi connectivity index (χ1) is 8.30. The monoisotopic (exact) mass is 253 g/mol. The van der Waals surface area contributed by atoms with Gasteiger partial charge in [-0.2, -0.15) is 0 Å². The van der Waals surface area contributed by atoms with E-state index in [9.17, 15) is 9.50 Å². The Kier molecular flexibility index (Phi) is 5.29. The van der Waals surface area contributed by atoms with E-state index in [1.165, 1.54) is 12.1 Å². The fourth-order valence-electron chi connectivity index (χ4n) is 1.65. The molecule has 0 bridgehead atoms. The quantitative estimate of drug-likeness (QED) is 0.845. The highest BCUT2D eigenvalue weighted by molar-refractivity contribution is 5.20. The van der Waals surface area contributed by atoms with Crippen LogP contribution < -0.4 is 5.32 Å². The number of halogens is 1. The minimum Gasteiger partial charge on any atom is -0.391 e. The van der Waals surface area contributed by atoms with Crippen molar-refractivity contribution in [2.45, 2.75) is 39.7 Å². The van der Waals surface area contributed by atoms with Crippen LogP contribution in [-0.4, -0.2) is 24.3 Å². The zero-order chi connectivity index (χ0) is 13.8. The first kappa shape index (κ1) is 15.1. The lowest BCUT2D eigenvalue weighted by Gasteiger charge is -2.26. The van der Waals surface area contributed by atoms with Crippen LogP contribution in [0, 0.1) is 11.2 Å². The van der Waals surface area contributed by atoms with E-state index in [0.717, 1.165) is 12.1 Å². The molecule has 0 saturated heterocycles. The Morgan fingerprint density at radius 1 is 1.17 bits per heavy atom. The minimum absolute atomic E-state index is 0.105. The van der Waals surface area contributed by atoms with Crippen molar-refractivity contribution in [3.63, 3.8) is 0 Å². The molecule has 0 radical (unpaired) electrons. The molecule has 2 nitrogen and oxygen atoms in total. The van der Waals surface area contributed by atoms with Crippen molar-refractivity contribution in [1.29, 1.82) is 0 Å². The topological polar surface area (TPSA) is 32.3 Å². The molecule has 0 spiro atoms. The third kappa shape index (κ3) is 4.75. The highest BCUT2D eigenvalue weighted by Gasteiger charge is 2.21. The molecule has 1 aromatic carbocycles. The predicted molar refractivity (Wildman–Crippen MR) is 73.1 cm³/mol. The van der Waals surface area contributed by atoms with Gasteiger partial charge in [-0.25, -0.2) is 4.39 Å². The average molecular weight is 253 g/mol. The van der Waals surface area contributed by atoms with E-state index in [-0.39, 0.29) is 17.3 Å². The Morgan fingerprint density at radius 3 is 2.22 bits per heavy atom. The third-order valence-electron chi connectivity index (χ3n) is 3.23. The van der Waals surface area contributed by atoms with E-state index in [2.05, 4.69) is 12.2 Å². The van der Waals surface area contributed by atoms with E-state index < -0.39 is 0 Å². The molecule has 3 heteroatoms. The molecule has 0 saturated carbocycles. The van der Waals surface area contributed by atoms with Crippen LogP contribution in [0.5, 0.6) is 0 Å². The van der Waals surface area contributed by atoms with Gasteiger partial charge in [0.2, 0.25) is 0 Å². The summed E-state index contributed by atoms with van der Waals surface area (Å²) in [6.45, 7) is 9.49. The van der Waals surface area contributed by atoms with Gasteiger partial charge >= 0.3 is 0 Å². The van der Waals surface area contributed by atoms with Crippen molar-refractivity contribution in [1.82, 2.24) is 5.32 Å². The predicted octanol–water partition coefficient (Wildman–Crippen LogP) is 2.93. The standard InChI is InChI=1S/C15H24FNO/c1-11(12-5-7-13(16)8-6-12)9-17-10-14(18)15(2,3)4/h5-8,11,14,17-18H,9-10H2,1-4H3. The second-order valence-electron chi connectivity index (χ2n) is 5.99. The number of hydrogen-bond acceptors (Lipinski definition) is 2. The summed E-state index contributed by atoms with van der Waals surface area (Å²) in [5.74, 6) is 0.0971. The number of aliphatic hydroxyl groups excluding tert-OH is 1. The molecule has 0 aliphatic heterocycles. The fraction of sp³-hybridized carbons (Fsp3) is 0.600. The van der Waals surface area contributed by atoms with E-state index >= 15 is 0 Å². The van der Waals surface area contributed by atoms with Crippen molar-refractivity contribution in [2.24, 2.45) is 5.41 Å².